The zero-order valence-corrected chi connectivity index (χ0v) is 14.0. The molecule has 2 nitrogen and oxygen atoms in total. The van der Waals surface area contributed by atoms with Crippen molar-refractivity contribution in [2.24, 2.45) is 23.2 Å². The first-order chi connectivity index (χ1) is 9.52. The summed E-state index contributed by atoms with van der Waals surface area (Å²) < 4.78 is 0. The summed E-state index contributed by atoms with van der Waals surface area (Å²) in [5.41, 5.74) is 0.472. The summed E-state index contributed by atoms with van der Waals surface area (Å²) in [6, 6.07) is 1.71. The molecule has 20 heavy (non-hydrogen) atoms. The average Bonchev–Trinajstić information content (AvgIpc) is 2.97. The van der Waals surface area contributed by atoms with E-state index < -0.39 is 0 Å². The van der Waals surface area contributed by atoms with E-state index in [0.29, 0.717) is 5.41 Å². The van der Waals surface area contributed by atoms with Crippen molar-refractivity contribution < 1.29 is 0 Å². The van der Waals surface area contributed by atoms with Gasteiger partial charge in [-0.05, 0) is 55.5 Å². The Morgan fingerprint density at radius 1 is 1.10 bits per heavy atom. The van der Waals surface area contributed by atoms with Gasteiger partial charge in [0.2, 0.25) is 0 Å². The first kappa shape index (κ1) is 14.8. The van der Waals surface area contributed by atoms with E-state index in [9.17, 15) is 0 Å². The van der Waals surface area contributed by atoms with E-state index in [1.54, 1.807) is 0 Å². The van der Waals surface area contributed by atoms with Crippen LogP contribution in [0.2, 0.25) is 0 Å². The summed E-state index contributed by atoms with van der Waals surface area (Å²) in [7, 11) is 0. The fourth-order valence-electron chi connectivity index (χ4n) is 5.49. The normalized spacial score (nSPS) is 42.9. The molecule has 2 heteroatoms. The van der Waals surface area contributed by atoms with E-state index in [1.807, 2.05) is 0 Å². The molecule has 1 N–H and O–H groups in total. The Bertz CT molecular complexity index is 333. The minimum absolute atomic E-state index is 0.472. The molecule has 3 rings (SSSR count). The van der Waals surface area contributed by atoms with Gasteiger partial charge in [0.15, 0.2) is 0 Å². The number of likely N-dealkylation sites (tertiary alicyclic amines) is 1. The first-order valence-corrected chi connectivity index (χ1v) is 8.99. The topological polar surface area (TPSA) is 15.3 Å². The predicted molar refractivity (Wildman–Crippen MR) is 85.8 cm³/mol. The van der Waals surface area contributed by atoms with E-state index in [2.05, 4.69) is 37.9 Å². The quantitative estimate of drug-likeness (QED) is 0.831. The molecule has 1 saturated carbocycles. The Labute approximate surface area is 125 Å². The van der Waals surface area contributed by atoms with Gasteiger partial charge in [0.25, 0.3) is 0 Å². The Balaban J connectivity index is 1.79. The van der Waals surface area contributed by atoms with E-state index >= 15 is 0 Å². The summed E-state index contributed by atoms with van der Waals surface area (Å²) in [4.78, 5) is 2.96. The van der Waals surface area contributed by atoms with Crippen LogP contribution in [0.25, 0.3) is 0 Å². The minimum atomic E-state index is 0.472. The summed E-state index contributed by atoms with van der Waals surface area (Å²) in [6.45, 7) is 13.7. The van der Waals surface area contributed by atoms with Crippen molar-refractivity contribution in [1.29, 1.82) is 0 Å². The second-order valence-corrected chi connectivity index (χ2v) is 8.58. The SMILES string of the molecule is CCC1C2CNCC2CN1C1CCCCC1C(C)(C)C. The van der Waals surface area contributed by atoms with Gasteiger partial charge in [-0.1, -0.05) is 40.5 Å². The van der Waals surface area contributed by atoms with Crippen LogP contribution in [0.4, 0.5) is 0 Å². The highest BCUT2D eigenvalue weighted by Gasteiger charge is 2.48. The maximum atomic E-state index is 3.63. The van der Waals surface area contributed by atoms with Crippen molar-refractivity contribution in [2.45, 2.75) is 71.9 Å². The molecule has 2 aliphatic heterocycles. The second kappa shape index (κ2) is 5.61. The van der Waals surface area contributed by atoms with Crippen molar-refractivity contribution in [2.75, 3.05) is 19.6 Å². The molecule has 2 saturated heterocycles. The maximum absolute atomic E-state index is 3.63. The van der Waals surface area contributed by atoms with E-state index in [0.717, 1.165) is 29.8 Å². The summed E-state index contributed by atoms with van der Waals surface area (Å²) in [5.74, 6) is 2.77. The molecule has 0 aromatic carbocycles. The summed E-state index contributed by atoms with van der Waals surface area (Å²) >= 11 is 0. The molecule has 1 aliphatic carbocycles. The Kier molecular flexibility index (Phi) is 4.16. The lowest BCUT2D eigenvalue weighted by atomic mass is 9.69. The second-order valence-electron chi connectivity index (χ2n) is 8.58. The van der Waals surface area contributed by atoms with Crippen molar-refractivity contribution in [3.63, 3.8) is 0 Å². The standard InChI is InChI=1S/C18H34N2/c1-5-16-14-11-19-10-13(14)12-20(16)17-9-7-6-8-15(17)18(2,3)4/h13-17,19H,5-12H2,1-4H3. The highest BCUT2D eigenvalue weighted by atomic mass is 15.2. The number of rotatable bonds is 2. The molecule has 3 fully saturated rings. The van der Waals surface area contributed by atoms with Crippen molar-refractivity contribution in [3.8, 4) is 0 Å². The average molecular weight is 278 g/mol. The zero-order chi connectivity index (χ0) is 14.3. The lowest BCUT2D eigenvalue weighted by molar-refractivity contribution is 0.0260. The van der Waals surface area contributed by atoms with Crippen molar-refractivity contribution in [1.82, 2.24) is 10.2 Å². The number of nitrogens with zero attached hydrogens (tertiary/aromatic N) is 1. The van der Waals surface area contributed by atoms with Gasteiger partial charge in [0.1, 0.15) is 0 Å². The van der Waals surface area contributed by atoms with Crippen LogP contribution >= 0.6 is 0 Å². The smallest absolute Gasteiger partial charge is 0.0140 e. The van der Waals surface area contributed by atoms with Crippen LogP contribution in [0.3, 0.4) is 0 Å². The van der Waals surface area contributed by atoms with Crippen LogP contribution in [0.1, 0.15) is 59.8 Å². The fraction of sp³-hybridized carbons (Fsp3) is 1.00. The van der Waals surface area contributed by atoms with Gasteiger partial charge in [-0.2, -0.15) is 0 Å². The molecule has 5 unspecified atom stereocenters. The molecule has 116 valence electrons. The first-order valence-electron chi connectivity index (χ1n) is 8.99. The fourth-order valence-corrected chi connectivity index (χ4v) is 5.49. The molecule has 0 aromatic heterocycles. The van der Waals surface area contributed by atoms with Gasteiger partial charge < -0.3 is 5.32 Å². The predicted octanol–water partition coefficient (Wildman–Crippen LogP) is 3.52. The molecule has 0 radical (unpaired) electrons. The van der Waals surface area contributed by atoms with Gasteiger partial charge in [-0.3, -0.25) is 4.90 Å². The molecule has 5 atom stereocenters. The van der Waals surface area contributed by atoms with Gasteiger partial charge >= 0.3 is 0 Å². The van der Waals surface area contributed by atoms with E-state index in [-0.39, 0.29) is 0 Å². The van der Waals surface area contributed by atoms with Crippen molar-refractivity contribution >= 4 is 0 Å². The summed E-state index contributed by atoms with van der Waals surface area (Å²) in [5, 5.41) is 3.63. The third-order valence-corrected chi connectivity index (χ3v) is 6.44. The molecule has 0 bridgehead atoms. The molecular weight excluding hydrogens is 244 g/mol. The largest absolute Gasteiger partial charge is 0.316 e. The zero-order valence-electron chi connectivity index (χ0n) is 14.0. The molecule has 2 heterocycles. The molecule has 0 aromatic rings. The van der Waals surface area contributed by atoms with Gasteiger partial charge in [-0.15, -0.1) is 0 Å². The highest BCUT2D eigenvalue weighted by Crippen LogP contribution is 2.45. The van der Waals surface area contributed by atoms with Crippen LogP contribution in [-0.4, -0.2) is 36.6 Å². The van der Waals surface area contributed by atoms with Crippen LogP contribution in [-0.2, 0) is 0 Å². The third kappa shape index (κ3) is 2.54. The van der Waals surface area contributed by atoms with Gasteiger partial charge in [0.05, 0.1) is 0 Å². The van der Waals surface area contributed by atoms with Crippen LogP contribution in [0.15, 0.2) is 0 Å². The molecular formula is C18H34N2. The molecule has 0 spiro atoms. The molecule has 3 aliphatic rings. The minimum Gasteiger partial charge on any atom is -0.316 e. The number of fused-ring (bicyclic) bond motifs is 1. The highest BCUT2D eigenvalue weighted by molar-refractivity contribution is 5.02. The van der Waals surface area contributed by atoms with Gasteiger partial charge in [0, 0.05) is 18.6 Å². The van der Waals surface area contributed by atoms with Gasteiger partial charge in [-0.25, -0.2) is 0 Å². The Morgan fingerprint density at radius 2 is 1.85 bits per heavy atom. The number of hydrogen-bond acceptors (Lipinski definition) is 2. The van der Waals surface area contributed by atoms with Crippen LogP contribution < -0.4 is 5.32 Å². The lowest BCUT2D eigenvalue weighted by Crippen LogP contribution is -2.50. The molecule has 0 amide bonds. The van der Waals surface area contributed by atoms with Crippen LogP contribution in [0.5, 0.6) is 0 Å². The maximum Gasteiger partial charge on any atom is 0.0140 e. The monoisotopic (exact) mass is 278 g/mol. The van der Waals surface area contributed by atoms with E-state index in [1.165, 1.54) is 51.7 Å². The number of nitrogens with one attached hydrogen (secondary N) is 1. The number of hydrogen-bond donors (Lipinski definition) is 1. The van der Waals surface area contributed by atoms with E-state index in [4.69, 9.17) is 0 Å². The Hall–Kier alpha value is -0.0800. The Morgan fingerprint density at radius 3 is 2.55 bits per heavy atom. The third-order valence-electron chi connectivity index (χ3n) is 6.44. The summed E-state index contributed by atoms with van der Waals surface area (Å²) in [6.07, 6.45) is 7.16. The van der Waals surface area contributed by atoms with Crippen LogP contribution in [0, 0.1) is 23.2 Å². The lowest BCUT2D eigenvalue weighted by Gasteiger charge is -2.47. The van der Waals surface area contributed by atoms with Crippen molar-refractivity contribution in [3.05, 3.63) is 0 Å².